The predicted molar refractivity (Wildman–Crippen MR) is 101 cm³/mol. The second kappa shape index (κ2) is 7.43. The van der Waals surface area contributed by atoms with Crippen LogP contribution in [0.25, 0.3) is 0 Å². The Kier molecular flexibility index (Phi) is 4.85. The van der Waals surface area contributed by atoms with Crippen LogP contribution < -0.4 is 16.0 Å². The van der Waals surface area contributed by atoms with Crippen LogP contribution in [0.1, 0.15) is 53.4 Å². The number of nitrogens with zero attached hydrogens (tertiary/aromatic N) is 2. The molecule has 1 aromatic carbocycles. The maximum atomic E-state index is 12.3. The summed E-state index contributed by atoms with van der Waals surface area (Å²) in [5, 5.41) is 17.7. The fraction of sp³-hybridized carbons (Fsp3) is 0.389. The van der Waals surface area contributed by atoms with Crippen molar-refractivity contribution in [1.29, 1.82) is 0 Å². The SMILES string of the molecule is O=C(CC[C@H]1NC(=O)c2ccccc2NC1=O)Nc1nnc(C2CCC2)s1. The van der Waals surface area contributed by atoms with Gasteiger partial charge in [-0.05, 0) is 31.4 Å². The number of amides is 3. The molecular formula is C18H19N5O3S. The lowest BCUT2D eigenvalue weighted by Crippen LogP contribution is -2.41. The number of carbonyl (C=O) groups excluding carboxylic acids is 3. The summed E-state index contributed by atoms with van der Waals surface area (Å²) in [4.78, 5) is 36.8. The van der Waals surface area contributed by atoms with Gasteiger partial charge in [-0.25, -0.2) is 0 Å². The number of nitrogens with one attached hydrogen (secondary N) is 3. The highest BCUT2D eigenvalue weighted by atomic mass is 32.1. The fourth-order valence-corrected chi connectivity index (χ4v) is 4.01. The van der Waals surface area contributed by atoms with E-state index >= 15 is 0 Å². The largest absolute Gasteiger partial charge is 0.340 e. The standard InChI is InChI=1S/C18H19N5O3S/c24-14(21-18-23-22-17(27-18)10-4-3-5-10)9-8-13-16(26)19-12-7-2-1-6-11(12)15(25)20-13/h1-2,6-7,10,13H,3-5,8-9H2,(H,19,26)(H,20,25)(H,21,23,24)/t13-/m1/s1. The van der Waals surface area contributed by atoms with Crippen LogP contribution >= 0.6 is 11.3 Å². The van der Waals surface area contributed by atoms with Gasteiger partial charge in [-0.1, -0.05) is 29.9 Å². The first-order chi connectivity index (χ1) is 13.1. The zero-order valence-corrected chi connectivity index (χ0v) is 15.3. The van der Waals surface area contributed by atoms with Gasteiger partial charge in [0.05, 0.1) is 11.3 Å². The fourth-order valence-electron chi connectivity index (χ4n) is 3.08. The van der Waals surface area contributed by atoms with Crippen molar-refractivity contribution < 1.29 is 14.4 Å². The van der Waals surface area contributed by atoms with Gasteiger partial charge in [0.15, 0.2) is 0 Å². The van der Waals surface area contributed by atoms with Crippen molar-refractivity contribution in [3.05, 3.63) is 34.8 Å². The lowest BCUT2D eigenvalue weighted by atomic mass is 9.86. The molecule has 1 aliphatic carbocycles. The Hall–Kier alpha value is -2.81. The summed E-state index contributed by atoms with van der Waals surface area (Å²) < 4.78 is 0. The predicted octanol–water partition coefficient (Wildman–Crippen LogP) is 2.28. The van der Waals surface area contributed by atoms with Crippen LogP contribution in [0.4, 0.5) is 10.8 Å². The smallest absolute Gasteiger partial charge is 0.254 e. The Morgan fingerprint density at radius 2 is 2.04 bits per heavy atom. The van der Waals surface area contributed by atoms with Gasteiger partial charge in [-0.3, -0.25) is 14.4 Å². The number of hydrogen-bond donors (Lipinski definition) is 3. The normalized spacial score (nSPS) is 19.3. The van der Waals surface area contributed by atoms with Crippen LogP contribution in [0, 0.1) is 0 Å². The molecule has 0 saturated heterocycles. The topological polar surface area (TPSA) is 113 Å². The number of benzene rings is 1. The quantitative estimate of drug-likeness (QED) is 0.731. The monoisotopic (exact) mass is 385 g/mol. The van der Waals surface area contributed by atoms with E-state index in [4.69, 9.17) is 0 Å². The molecule has 0 bridgehead atoms. The molecule has 1 fully saturated rings. The molecule has 1 aromatic heterocycles. The summed E-state index contributed by atoms with van der Waals surface area (Å²) in [7, 11) is 0. The number of fused-ring (bicyclic) bond motifs is 1. The number of carbonyl (C=O) groups is 3. The van der Waals surface area contributed by atoms with Crippen molar-refractivity contribution in [1.82, 2.24) is 15.5 Å². The lowest BCUT2D eigenvalue weighted by molar-refractivity contribution is -0.118. The van der Waals surface area contributed by atoms with E-state index in [1.165, 1.54) is 17.8 Å². The molecule has 0 unspecified atom stereocenters. The van der Waals surface area contributed by atoms with Crippen LogP contribution in [-0.4, -0.2) is 34.0 Å². The molecule has 2 heterocycles. The average Bonchev–Trinajstić information content (AvgIpc) is 2.99. The zero-order chi connectivity index (χ0) is 18.8. The Bertz CT molecular complexity index is 893. The van der Waals surface area contributed by atoms with Gasteiger partial charge in [-0.15, -0.1) is 10.2 Å². The summed E-state index contributed by atoms with van der Waals surface area (Å²) in [5.74, 6) is -0.442. The highest BCUT2D eigenvalue weighted by molar-refractivity contribution is 7.15. The van der Waals surface area contributed by atoms with Gasteiger partial charge in [0.1, 0.15) is 11.0 Å². The molecule has 1 atom stereocenters. The molecule has 27 heavy (non-hydrogen) atoms. The van der Waals surface area contributed by atoms with Gasteiger partial charge in [0.25, 0.3) is 5.91 Å². The van der Waals surface area contributed by atoms with E-state index in [2.05, 4.69) is 26.1 Å². The van der Waals surface area contributed by atoms with E-state index in [-0.39, 0.29) is 30.6 Å². The first-order valence-corrected chi connectivity index (χ1v) is 9.76. The lowest BCUT2D eigenvalue weighted by Gasteiger charge is -2.21. The second-order valence-corrected chi connectivity index (χ2v) is 7.73. The molecule has 3 N–H and O–H groups in total. The minimum atomic E-state index is -0.768. The summed E-state index contributed by atoms with van der Waals surface area (Å²) in [5.41, 5.74) is 0.888. The number of aromatic nitrogens is 2. The Labute approximate surface area is 159 Å². The molecule has 0 spiro atoms. The highest BCUT2D eigenvalue weighted by Gasteiger charge is 2.28. The maximum Gasteiger partial charge on any atom is 0.254 e. The third-order valence-electron chi connectivity index (χ3n) is 4.85. The van der Waals surface area contributed by atoms with E-state index in [1.807, 2.05) is 0 Å². The van der Waals surface area contributed by atoms with E-state index in [0.29, 0.717) is 22.3 Å². The van der Waals surface area contributed by atoms with E-state index in [9.17, 15) is 14.4 Å². The molecular weight excluding hydrogens is 366 g/mol. The van der Waals surface area contributed by atoms with Crippen LogP contribution in [0.15, 0.2) is 24.3 Å². The van der Waals surface area contributed by atoms with Crippen molar-refractivity contribution in [3.8, 4) is 0 Å². The molecule has 4 rings (SSSR count). The van der Waals surface area contributed by atoms with Gasteiger partial charge in [0.2, 0.25) is 16.9 Å². The number of anilines is 2. The Balaban J connectivity index is 1.33. The summed E-state index contributed by atoms with van der Waals surface area (Å²) in [6, 6.07) is 6.04. The minimum Gasteiger partial charge on any atom is -0.340 e. The Morgan fingerprint density at radius 1 is 1.22 bits per heavy atom. The maximum absolute atomic E-state index is 12.3. The average molecular weight is 385 g/mol. The van der Waals surface area contributed by atoms with Crippen LogP contribution in [0.5, 0.6) is 0 Å². The van der Waals surface area contributed by atoms with Crippen molar-refractivity contribution in [3.63, 3.8) is 0 Å². The van der Waals surface area contributed by atoms with Crippen LogP contribution in [0.2, 0.25) is 0 Å². The minimum absolute atomic E-state index is 0.0903. The molecule has 1 aliphatic heterocycles. The molecule has 8 nitrogen and oxygen atoms in total. The molecule has 9 heteroatoms. The number of hydrogen-bond acceptors (Lipinski definition) is 6. The molecule has 1 saturated carbocycles. The molecule has 2 aliphatic rings. The summed E-state index contributed by atoms with van der Waals surface area (Å²) >= 11 is 1.40. The van der Waals surface area contributed by atoms with Gasteiger partial charge >= 0.3 is 0 Å². The van der Waals surface area contributed by atoms with E-state index in [0.717, 1.165) is 17.8 Å². The van der Waals surface area contributed by atoms with Crippen LogP contribution in [0.3, 0.4) is 0 Å². The first kappa shape index (κ1) is 17.6. The number of rotatable bonds is 5. The third-order valence-corrected chi connectivity index (χ3v) is 5.85. The van der Waals surface area contributed by atoms with Gasteiger partial charge < -0.3 is 16.0 Å². The first-order valence-electron chi connectivity index (χ1n) is 8.94. The van der Waals surface area contributed by atoms with Crippen molar-refractivity contribution in [2.75, 3.05) is 10.6 Å². The van der Waals surface area contributed by atoms with E-state index in [1.54, 1.807) is 24.3 Å². The second-order valence-electron chi connectivity index (χ2n) is 6.72. The Morgan fingerprint density at radius 3 is 2.81 bits per heavy atom. The zero-order valence-electron chi connectivity index (χ0n) is 14.5. The highest BCUT2D eigenvalue weighted by Crippen LogP contribution is 2.38. The van der Waals surface area contributed by atoms with Crippen molar-refractivity contribution in [2.45, 2.75) is 44.1 Å². The number of para-hydroxylation sites is 1. The van der Waals surface area contributed by atoms with E-state index < -0.39 is 6.04 Å². The summed E-state index contributed by atoms with van der Waals surface area (Å²) in [6.07, 6.45) is 3.76. The molecule has 140 valence electrons. The van der Waals surface area contributed by atoms with Crippen molar-refractivity contribution in [2.24, 2.45) is 0 Å². The third kappa shape index (κ3) is 3.82. The molecule has 3 amide bonds. The van der Waals surface area contributed by atoms with Gasteiger partial charge in [-0.2, -0.15) is 0 Å². The summed E-state index contributed by atoms with van der Waals surface area (Å²) in [6.45, 7) is 0. The van der Waals surface area contributed by atoms with Crippen molar-refractivity contribution >= 4 is 39.9 Å². The van der Waals surface area contributed by atoms with Crippen LogP contribution in [-0.2, 0) is 9.59 Å². The molecule has 0 radical (unpaired) electrons. The van der Waals surface area contributed by atoms with Gasteiger partial charge in [0, 0.05) is 12.3 Å². The molecule has 2 aromatic rings.